The van der Waals surface area contributed by atoms with E-state index in [9.17, 15) is 4.79 Å². The number of aliphatic imine (C=N–C) groups is 1. The molecule has 1 unspecified atom stereocenters. The molecule has 2 fully saturated rings. The number of hydrogen-bond acceptors (Lipinski definition) is 3. The molecule has 18 heavy (non-hydrogen) atoms. The van der Waals surface area contributed by atoms with Gasteiger partial charge in [0.2, 0.25) is 5.91 Å². The van der Waals surface area contributed by atoms with Crippen molar-refractivity contribution in [3.8, 4) is 0 Å². The second-order valence-corrected chi connectivity index (χ2v) is 5.15. The summed E-state index contributed by atoms with van der Waals surface area (Å²) in [5.74, 6) is 1.37. The second-order valence-electron chi connectivity index (χ2n) is 5.15. The van der Waals surface area contributed by atoms with Gasteiger partial charge in [-0.2, -0.15) is 0 Å². The lowest BCUT2D eigenvalue weighted by molar-refractivity contribution is -0.120. The number of carbonyl (C=O) groups excluding carboxylic acids is 1. The predicted molar refractivity (Wildman–Crippen MR) is 70.4 cm³/mol. The molecule has 0 bridgehead atoms. The molecule has 1 atom stereocenters. The minimum absolute atomic E-state index is 0.0664. The average molecular weight is 253 g/mol. The third-order valence-electron chi connectivity index (χ3n) is 3.73. The van der Waals surface area contributed by atoms with Crippen LogP contribution < -0.4 is 10.6 Å². The van der Waals surface area contributed by atoms with Gasteiger partial charge < -0.3 is 10.1 Å². The summed E-state index contributed by atoms with van der Waals surface area (Å²) >= 11 is 0. The molecule has 0 aromatic heterocycles. The van der Waals surface area contributed by atoms with E-state index in [1.807, 2.05) is 0 Å². The molecule has 102 valence electrons. The van der Waals surface area contributed by atoms with E-state index in [1.165, 1.54) is 32.1 Å². The van der Waals surface area contributed by atoms with Crippen LogP contribution in [0.2, 0.25) is 0 Å². The van der Waals surface area contributed by atoms with Crippen molar-refractivity contribution in [3.05, 3.63) is 0 Å². The van der Waals surface area contributed by atoms with E-state index in [1.54, 1.807) is 7.11 Å². The van der Waals surface area contributed by atoms with Gasteiger partial charge in [0.15, 0.2) is 5.96 Å². The Hall–Kier alpha value is -1.10. The van der Waals surface area contributed by atoms with Crippen LogP contribution in [0, 0.1) is 5.92 Å². The van der Waals surface area contributed by atoms with Crippen molar-refractivity contribution in [2.75, 3.05) is 20.3 Å². The minimum Gasteiger partial charge on any atom is -0.383 e. The molecule has 0 aromatic rings. The van der Waals surface area contributed by atoms with Gasteiger partial charge in [-0.3, -0.25) is 15.1 Å². The van der Waals surface area contributed by atoms with Gasteiger partial charge in [0, 0.05) is 7.11 Å². The largest absolute Gasteiger partial charge is 0.383 e. The number of rotatable bonds is 5. The summed E-state index contributed by atoms with van der Waals surface area (Å²) in [4.78, 5) is 16.1. The lowest BCUT2D eigenvalue weighted by Gasteiger charge is -2.23. The van der Waals surface area contributed by atoms with Crippen molar-refractivity contribution < 1.29 is 9.53 Å². The number of methoxy groups -OCH3 is 1. The van der Waals surface area contributed by atoms with E-state index in [-0.39, 0.29) is 11.9 Å². The van der Waals surface area contributed by atoms with Crippen LogP contribution in [-0.4, -0.2) is 38.2 Å². The third kappa shape index (κ3) is 3.70. The molecule has 0 radical (unpaired) electrons. The monoisotopic (exact) mass is 253 g/mol. The molecule has 1 heterocycles. The molecule has 1 aliphatic heterocycles. The molecule has 0 spiro atoms. The second kappa shape index (κ2) is 6.73. The van der Waals surface area contributed by atoms with Gasteiger partial charge in [-0.05, 0) is 12.3 Å². The maximum absolute atomic E-state index is 11.8. The Morgan fingerprint density at radius 1 is 1.33 bits per heavy atom. The topological polar surface area (TPSA) is 62.7 Å². The van der Waals surface area contributed by atoms with Crippen molar-refractivity contribution in [1.82, 2.24) is 10.6 Å². The molecule has 2 rings (SSSR count). The van der Waals surface area contributed by atoms with E-state index >= 15 is 0 Å². The Morgan fingerprint density at radius 3 is 2.83 bits per heavy atom. The summed E-state index contributed by atoms with van der Waals surface area (Å²) in [6.45, 7) is 1.16. The highest BCUT2D eigenvalue weighted by molar-refractivity contribution is 6.06. The third-order valence-corrected chi connectivity index (χ3v) is 3.73. The van der Waals surface area contributed by atoms with Crippen LogP contribution in [-0.2, 0) is 9.53 Å². The van der Waals surface area contributed by atoms with Gasteiger partial charge in [0.25, 0.3) is 0 Å². The normalized spacial score (nSPS) is 27.3. The van der Waals surface area contributed by atoms with Gasteiger partial charge in [0.05, 0.1) is 13.2 Å². The highest BCUT2D eigenvalue weighted by atomic mass is 16.5. The highest BCUT2D eigenvalue weighted by Gasteiger charge is 2.30. The molecular weight excluding hydrogens is 230 g/mol. The Kier molecular flexibility index (Phi) is 4.99. The number of guanidine groups is 1. The smallest absolute Gasteiger partial charge is 0.249 e. The molecule has 1 saturated heterocycles. The lowest BCUT2D eigenvalue weighted by atomic mass is 9.85. The molecule has 2 aliphatic rings. The van der Waals surface area contributed by atoms with Crippen LogP contribution in [0.1, 0.15) is 38.5 Å². The predicted octanol–water partition coefficient (Wildman–Crippen LogP) is 1.05. The van der Waals surface area contributed by atoms with E-state index in [2.05, 4.69) is 15.6 Å². The fourth-order valence-corrected chi connectivity index (χ4v) is 2.73. The van der Waals surface area contributed by atoms with E-state index in [0.29, 0.717) is 25.0 Å². The molecule has 5 nitrogen and oxygen atoms in total. The van der Waals surface area contributed by atoms with Gasteiger partial charge in [-0.15, -0.1) is 0 Å². The van der Waals surface area contributed by atoms with Crippen LogP contribution in [0.3, 0.4) is 0 Å². The highest BCUT2D eigenvalue weighted by Crippen LogP contribution is 2.27. The first kappa shape index (κ1) is 13.3. The maximum Gasteiger partial charge on any atom is 0.249 e. The molecule has 0 aromatic carbocycles. The van der Waals surface area contributed by atoms with E-state index < -0.39 is 0 Å². The number of hydrogen-bond donors (Lipinski definition) is 2. The zero-order valence-corrected chi connectivity index (χ0v) is 11.1. The van der Waals surface area contributed by atoms with E-state index in [0.717, 1.165) is 6.42 Å². The molecule has 1 aliphatic carbocycles. The first-order valence-electron chi connectivity index (χ1n) is 6.90. The van der Waals surface area contributed by atoms with E-state index in [4.69, 9.17) is 4.74 Å². The Balaban J connectivity index is 1.79. The van der Waals surface area contributed by atoms with Crippen molar-refractivity contribution in [1.29, 1.82) is 0 Å². The SMILES string of the molecule is COCCN=C1NC(=O)C(CC2CCCCC2)N1. The summed E-state index contributed by atoms with van der Waals surface area (Å²) in [5.41, 5.74) is 0. The zero-order chi connectivity index (χ0) is 12.8. The number of nitrogens with one attached hydrogen (secondary N) is 2. The summed E-state index contributed by atoms with van der Waals surface area (Å²) < 4.78 is 4.93. The van der Waals surface area contributed by atoms with Gasteiger partial charge in [0.1, 0.15) is 6.04 Å². The number of amides is 1. The Morgan fingerprint density at radius 2 is 2.11 bits per heavy atom. The van der Waals surface area contributed by atoms with Crippen molar-refractivity contribution >= 4 is 11.9 Å². The summed E-state index contributed by atoms with van der Waals surface area (Å²) in [6.07, 6.45) is 7.45. The van der Waals surface area contributed by atoms with Crippen LogP contribution in [0.15, 0.2) is 4.99 Å². The van der Waals surface area contributed by atoms with Crippen LogP contribution in [0.5, 0.6) is 0 Å². The van der Waals surface area contributed by atoms with Crippen molar-refractivity contribution in [2.24, 2.45) is 10.9 Å². The first-order chi connectivity index (χ1) is 8.79. The molecule has 1 saturated carbocycles. The fraction of sp³-hybridized carbons (Fsp3) is 0.846. The summed E-state index contributed by atoms with van der Waals surface area (Å²) in [6, 6.07) is -0.0885. The lowest BCUT2D eigenvalue weighted by Crippen LogP contribution is -2.32. The van der Waals surface area contributed by atoms with Gasteiger partial charge in [-0.25, -0.2) is 0 Å². The standard InChI is InChI=1S/C13H23N3O2/c1-18-8-7-14-13-15-11(12(17)16-13)9-10-5-3-2-4-6-10/h10-11H,2-9H2,1H3,(H2,14,15,16,17). The summed E-state index contributed by atoms with van der Waals surface area (Å²) in [5, 5.41) is 5.98. The maximum atomic E-state index is 11.8. The van der Waals surface area contributed by atoms with Crippen molar-refractivity contribution in [3.63, 3.8) is 0 Å². The molecule has 2 N–H and O–H groups in total. The first-order valence-corrected chi connectivity index (χ1v) is 6.90. The quantitative estimate of drug-likeness (QED) is 0.720. The number of nitrogens with zero attached hydrogens (tertiary/aromatic N) is 1. The molecule has 5 heteroatoms. The zero-order valence-electron chi connectivity index (χ0n) is 11.1. The van der Waals surface area contributed by atoms with Crippen LogP contribution in [0.4, 0.5) is 0 Å². The Bertz CT molecular complexity index is 311. The minimum atomic E-state index is -0.0885. The van der Waals surface area contributed by atoms with Gasteiger partial charge >= 0.3 is 0 Å². The van der Waals surface area contributed by atoms with Crippen LogP contribution in [0.25, 0.3) is 0 Å². The van der Waals surface area contributed by atoms with Gasteiger partial charge in [-0.1, -0.05) is 32.1 Å². The molecule has 1 amide bonds. The Labute approximate surface area is 108 Å². The number of carbonyl (C=O) groups is 1. The fourth-order valence-electron chi connectivity index (χ4n) is 2.73. The van der Waals surface area contributed by atoms with Crippen LogP contribution >= 0.6 is 0 Å². The average Bonchev–Trinajstić information content (AvgIpc) is 2.72. The molecular formula is C13H23N3O2. The summed E-state index contributed by atoms with van der Waals surface area (Å²) in [7, 11) is 1.65. The van der Waals surface area contributed by atoms with Crippen molar-refractivity contribution in [2.45, 2.75) is 44.6 Å². The number of ether oxygens (including phenoxy) is 1.